The summed E-state index contributed by atoms with van der Waals surface area (Å²) in [7, 11) is 0. The normalized spacial score (nSPS) is 14.7. The van der Waals surface area contributed by atoms with E-state index in [-0.39, 0.29) is 0 Å². The Labute approximate surface area is 152 Å². The first-order valence-electron chi connectivity index (χ1n) is 7.13. The summed E-state index contributed by atoms with van der Waals surface area (Å²) in [5.41, 5.74) is 1.43. The molecule has 22 heavy (non-hydrogen) atoms. The molecule has 0 atom stereocenters. The monoisotopic (exact) mass is 448 g/mol. The van der Waals surface area contributed by atoms with E-state index < -0.39 is 0 Å². The number of rotatable bonds is 0. The van der Waals surface area contributed by atoms with E-state index >= 15 is 0 Å². The fourth-order valence-electron chi connectivity index (χ4n) is 3.30. The van der Waals surface area contributed by atoms with Crippen molar-refractivity contribution in [3.63, 3.8) is 0 Å². The summed E-state index contributed by atoms with van der Waals surface area (Å²) in [6.07, 6.45) is 4.61. The van der Waals surface area contributed by atoms with Crippen molar-refractivity contribution in [2.24, 2.45) is 0 Å². The second-order valence-electron chi connectivity index (χ2n) is 5.58. The number of fused-ring (bicyclic) bond motifs is 7. The highest BCUT2D eigenvalue weighted by Crippen LogP contribution is 2.46. The van der Waals surface area contributed by atoms with E-state index in [4.69, 9.17) is 0 Å². The second-order valence-corrected chi connectivity index (χ2v) is 9.74. The molecule has 0 saturated heterocycles. The Morgan fingerprint density at radius 1 is 0.818 bits per heavy atom. The lowest BCUT2D eigenvalue weighted by Crippen LogP contribution is -1.90. The SMILES string of the molecule is BrC1=Cc2c(sc3ccc4sc5ccc(Br)cc5c4c23)CC1. The standard InChI is InChI=1S/C18H10Br2S2/c19-9-1-3-13-11(7-9)17-15(21-13)5-6-16-18(17)12-8-10(20)2-4-14(12)22-16/h1,3,5-8H,2,4H2. The number of thiophene rings is 2. The molecule has 0 unspecified atom stereocenters. The van der Waals surface area contributed by atoms with Gasteiger partial charge in [0.15, 0.2) is 0 Å². The van der Waals surface area contributed by atoms with Crippen LogP contribution in [0.2, 0.25) is 0 Å². The molecule has 2 aromatic carbocycles. The van der Waals surface area contributed by atoms with Crippen LogP contribution in [0.4, 0.5) is 0 Å². The molecule has 4 heteroatoms. The van der Waals surface area contributed by atoms with Crippen molar-refractivity contribution in [2.45, 2.75) is 12.8 Å². The van der Waals surface area contributed by atoms with E-state index in [1.54, 1.807) is 0 Å². The van der Waals surface area contributed by atoms with Crippen molar-refractivity contribution in [3.05, 3.63) is 49.7 Å². The van der Waals surface area contributed by atoms with Gasteiger partial charge in [0.2, 0.25) is 0 Å². The van der Waals surface area contributed by atoms with Crippen LogP contribution in [-0.4, -0.2) is 0 Å². The average molecular weight is 450 g/mol. The molecule has 1 aliphatic rings. The Hall–Kier alpha value is -0.680. The van der Waals surface area contributed by atoms with Gasteiger partial charge in [-0.3, -0.25) is 0 Å². The van der Waals surface area contributed by atoms with Gasteiger partial charge in [-0.05, 0) is 59.3 Å². The summed E-state index contributed by atoms with van der Waals surface area (Å²) in [6.45, 7) is 0. The molecule has 4 aromatic rings. The van der Waals surface area contributed by atoms with Gasteiger partial charge >= 0.3 is 0 Å². The van der Waals surface area contributed by atoms with Crippen LogP contribution in [0, 0.1) is 0 Å². The van der Waals surface area contributed by atoms with Gasteiger partial charge in [0.05, 0.1) is 0 Å². The maximum absolute atomic E-state index is 3.71. The molecule has 0 amide bonds. The summed E-state index contributed by atoms with van der Waals surface area (Å²) < 4.78 is 6.63. The molecule has 108 valence electrons. The van der Waals surface area contributed by atoms with Crippen LogP contribution in [0.25, 0.3) is 36.3 Å². The molecule has 0 N–H and O–H groups in total. The third-order valence-electron chi connectivity index (χ3n) is 4.25. The van der Waals surface area contributed by atoms with Crippen LogP contribution in [0.1, 0.15) is 16.9 Å². The van der Waals surface area contributed by atoms with Gasteiger partial charge in [-0.15, -0.1) is 22.7 Å². The van der Waals surface area contributed by atoms with Crippen molar-refractivity contribution < 1.29 is 0 Å². The Balaban J connectivity index is 2.05. The Morgan fingerprint density at radius 3 is 2.45 bits per heavy atom. The molecule has 5 rings (SSSR count). The predicted molar refractivity (Wildman–Crippen MR) is 108 cm³/mol. The van der Waals surface area contributed by atoms with Gasteiger partial charge in [-0.25, -0.2) is 0 Å². The lowest BCUT2D eigenvalue weighted by Gasteiger charge is -2.08. The van der Waals surface area contributed by atoms with Gasteiger partial charge in [0, 0.05) is 39.6 Å². The van der Waals surface area contributed by atoms with Crippen LogP contribution >= 0.6 is 54.5 Å². The average Bonchev–Trinajstić information content (AvgIpc) is 3.04. The number of aryl methyl sites for hydroxylation is 1. The maximum atomic E-state index is 3.71. The molecular weight excluding hydrogens is 440 g/mol. The van der Waals surface area contributed by atoms with Crippen molar-refractivity contribution in [2.75, 3.05) is 0 Å². The van der Waals surface area contributed by atoms with Crippen LogP contribution in [0.5, 0.6) is 0 Å². The molecule has 0 aliphatic heterocycles. The highest BCUT2D eigenvalue weighted by molar-refractivity contribution is 9.11. The lowest BCUT2D eigenvalue weighted by molar-refractivity contribution is 1.01. The zero-order valence-corrected chi connectivity index (χ0v) is 16.3. The van der Waals surface area contributed by atoms with Crippen molar-refractivity contribution >= 4 is 90.9 Å². The molecule has 2 heterocycles. The highest BCUT2D eigenvalue weighted by Gasteiger charge is 2.19. The Kier molecular flexibility index (Phi) is 3.06. The number of allylic oxidation sites excluding steroid dienone is 1. The minimum Gasteiger partial charge on any atom is -0.140 e. The van der Waals surface area contributed by atoms with Gasteiger partial charge < -0.3 is 0 Å². The zero-order chi connectivity index (χ0) is 14.8. The summed E-state index contributed by atoms with van der Waals surface area (Å²) >= 11 is 11.2. The van der Waals surface area contributed by atoms with Crippen LogP contribution in [0.3, 0.4) is 0 Å². The van der Waals surface area contributed by atoms with E-state index in [2.05, 4.69) is 68.3 Å². The lowest BCUT2D eigenvalue weighted by atomic mass is 9.99. The molecule has 0 spiro atoms. The molecule has 0 radical (unpaired) electrons. The summed E-state index contributed by atoms with van der Waals surface area (Å²) in [4.78, 5) is 1.53. The zero-order valence-electron chi connectivity index (χ0n) is 11.5. The summed E-state index contributed by atoms with van der Waals surface area (Å²) in [5, 5.41) is 4.24. The van der Waals surface area contributed by atoms with Crippen LogP contribution < -0.4 is 0 Å². The maximum Gasteiger partial charge on any atom is 0.0362 e. The topological polar surface area (TPSA) is 0 Å². The molecule has 0 nitrogen and oxygen atoms in total. The third-order valence-corrected chi connectivity index (χ3v) is 7.74. The van der Waals surface area contributed by atoms with Crippen LogP contribution in [-0.2, 0) is 6.42 Å². The van der Waals surface area contributed by atoms with E-state index in [1.165, 1.54) is 45.2 Å². The number of hydrogen-bond donors (Lipinski definition) is 0. The van der Waals surface area contributed by atoms with Gasteiger partial charge in [0.25, 0.3) is 0 Å². The van der Waals surface area contributed by atoms with Gasteiger partial charge in [0.1, 0.15) is 0 Å². The molecule has 0 saturated carbocycles. The smallest absolute Gasteiger partial charge is 0.0362 e. The van der Waals surface area contributed by atoms with Gasteiger partial charge in [-0.2, -0.15) is 0 Å². The van der Waals surface area contributed by atoms with Crippen LogP contribution in [0.15, 0.2) is 39.3 Å². The number of halogens is 2. The predicted octanol–water partition coefficient (Wildman–Crippen LogP) is 7.71. The largest absolute Gasteiger partial charge is 0.140 e. The minimum atomic E-state index is 1.12. The number of benzene rings is 2. The molecule has 2 aromatic heterocycles. The van der Waals surface area contributed by atoms with Gasteiger partial charge in [-0.1, -0.05) is 31.9 Å². The first kappa shape index (κ1) is 13.7. The quantitative estimate of drug-likeness (QED) is 0.257. The molecule has 0 fully saturated rings. The van der Waals surface area contributed by atoms with Crippen molar-refractivity contribution in [3.8, 4) is 0 Å². The molecular formula is C18H10Br2S2. The van der Waals surface area contributed by atoms with E-state index in [9.17, 15) is 0 Å². The molecule has 1 aliphatic carbocycles. The van der Waals surface area contributed by atoms with E-state index in [0.29, 0.717) is 0 Å². The minimum absolute atomic E-state index is 1.12. The Bertz CT molecular complexity index is 1100. The first-order valence-corrected chi connectivity index (χ1v) is 10.3. The van der Waals surface area contributed by atoms with Crippen molar-refractivity contribution in [1.82, 2.24) is 0 Å². The number of hydrogen-bond acceptors (Lipinski definition) is 2. The van der Waals surface area contributed by atoms with Crippen molar-refractivity contribution in [1.29, 1.82) is 0 Å². The fourth-order valence-corrected chi connectivity index (χ4v) is 6.37. The summed E-state index contributed by atoms with van der Waals surface area (Å²) in [6, 6.07) is 11.2. The summed E-state index contributed by atoms with van der Waals surface area (Å²) in [5.74, 6) is 0. The first-order chi connectivity index (χ1) is 10.7. The second kappa shape index (κ2) is 4.91. The third kappa shape index (κ3) is 1.91. The Morgan fingerprint density at radius 2 is 1.59 bits per heavy atom. The fraction of sp³-hybridized carbons (Fsp3) is 0.111. The highest BCUT2D eigenvalue weighted by atomic mass is 79.9. The molecule has 0 bridgehead atoms. The van der Waals surface area contributed by atoms with E-state index in [0.717, 1.165) is 17.3 Å². The van der Waals surface area contributed by atoms with E-state index in [1.807, 2.05) is 22.7 Å².